The first-order valence-electron chi connectivity index (χ1n) is 12.2. The van der Waals surface area contributed by atoms with Gasteiger partial charge in [-0.15, -0.1) is 10.2 Å². The average Bonchev–Trinajstić information content (AvgIpc) is 3.55. The van der Waals surface area contributed by atoms with Crippen molar-refractivity contribution in [3.63, 3.8) is 0 Å². The van der Waals surface area contributed by atoms with Crippen molar-refractivity contribution in [2.75, 3.05) is 17.2 Å². The highest BCUT2D eigenvalue weighted by Crippen LogP contribution is 2.37. The van der Waals surface area contributed by atoms with Crippen LogP contribution in [0, 0.1) is 0 Å². The number of nitrogens with one attached hydrogen (secondary N) is 3. The number of amides is 1. The maximum absolute atomic E-state index is 14.2. The van der Waals surface area contributed by atoms with Gasteiger partial charge in [0.2, 0.25) is 5.89 Å². The van der Waals surface area contributed by atoms with Gasteiger partial charge in [-0.3, -0.25) is 15.1 Å². The predicted octanol–water partition coefficient (Wildman–Crippen LogP) is 4.88. The molecule has 6 rings (SSSR count). The normalized spacial score (nSPS) is 14.3. The van der Waals surface area contributed by atoms with E-state index in [1.165, 1.54) is 24.4 Å². The molecule has 0 saturated heterocycles. The number of benzene rings is 2. The summed E-state index contributed by atoms with van der Waals surface area (Å²) >= 11 is 0. The summed E-state index contributed by atoms with van der Waals surface area (Å²) in [5, 5.41) is 26.4. The molecule has 0 radical (unpaired) electrons. The zero-order valence-corrected chi connectivity index (χ0v) is 20.7. The van der Waals surface area contributed by atoms with Crippen molar-refractivity contribution in [1.82, 2.24) is 25.5 Å². The first-order chi connectivity index (χ1) is 19.4. The highest BCUT2D eigenvalue weighted by molar-refractivity contribution is 6.00. The number of anilines is 3. The van der Waals surface area contributed by atoms with E-state index >= 15 is 0 Å². The van der Waals surface area contributed by atoms with Gasteiger partial charge in [0.05, 0.1) is 40.6 Å². The molecule has 0 unspecified atom stereocenters. The van der Waals surface area contributed by atoms with Gasteiger partial charge in [-0.2, -0.15) is 8.78 Å². The second-order valence-corrected chi connectivity index (χ2v) is 8.97. The highest BCUT2D eigenvalue weighted by Gasteiger charge is 2.44. The molecule has 0 saturated carbocycles. The van der Waals surface area contributed by atoms with E-state index in [9.17, 15) is 18.7 Å². The Hall–Kier alpha value is -5.23. The number of pyridine rings is 2. The lowest BCUT2D eigenvalue weighted by Crippen LogP contribution is -2.29. The number of rotatable bonds is 8. The third-order valence-corrected chi connectivity index (χ3v) is 6.33. The Morgan fingerprint density at radius 3 is 2.58 bits per heavy atom. The van der Waals surface area contributed by atoms with Crippen molar-refractivity contribution in [2.45, 2.75) is 12.1 Å². The van der Waals surface area contributed by atoms with Gasteiger partial charge in [-0.1, -0.05) is 30.3 Å². The highest BCUT2D eigenvalue weighted by atomic mass is 19.3. The van der Waals surface area contributed by atoms with Crippen LogP contribution in [-0.2, 0) is 6.05 Å². The van der Waals surface area contributed by atoms with Gasteiger partial charge >= 0.3 is 6.05 Å². The zero-order valence-electron chi connectivity index (χ0n) is 20.7. The number of aliphatic hydroxyl groups is 1. The van der Waals surface area contributed by atoms with Crippen LogP contribution in [0.1, 0.15) is 27.5 Å². The number of carbonyl (C=O) groups excluding carboxylic acids is 1. The van der Waals surface area contributed by atoms with Crippen molar-refractivity contribution in [3.05, 3.63) is 102 Å². The Labute approximate surface area is 226 Å². The fraction of sp³-hybridized carbons (Fsp3) is 0.107. The summed E-state index contributed by atoms with van der Waals surface area (Å²) in [6.45, 7) is -0.222. The number of aliphatic hydroxyl groups excluding tert-OH is 1. The number of hydrogen-bond acceptors (Lipinski definition) is 9. The minimum Gasteiger partial charge on any atom is -0.416 e. The summed E-state index contributed by atoms with van der Waals surface area (Å²) in [6, 6.07) is 14.6. The van der Waals surface area contributed by atoms with E-state index in [-0.39, 0.29) is 24.0 Å². The Bertz CT molecular complexity index is 1680. The molecule has 0 fully saturated rings. The number of carbonyl (C=O) groups is 1. The predicted molar refractivity (Wildman–Crippen MR) is 142 cm³/mol. The van der Waals surface area contributed by atoms with E-state index in [1.807, 2.05) is 30.3 Å². The number of nitrogens with zero attached hydrogens (tertiary/aromatic N) is 4. The van der Waals surface area contributed by atoms with E-state index in [1.54, 1.807) is 35.9 Å². The molecule has 3 aromatic heterocycles. The van der Waals surface area contributed by atoms with Gasteiger partial charge in [0.15, 0.2) is 0 Å². The molecule has 5 aromatic rings. The van der Waals surface area contributed by atoms with Crippen molar-refractivity contribution >= 4 is 23.1 Å². The lowest BCUT2D eigenvalue weighted by atomic mass is 10.1. The molecule has 1 atom stereocenters. The average molecular weight is 542 g/mol. The third kappa shape index (κ3) is 4.83. The molecular formula is C28H21F2N7O3. The van der Waals surface area contributed by atoms with E-state index in [0.717, 1.165) is 5.56 Å². The number of alkyl halides is 2. The number of hydrogen-bond donors (Lipinski definition) is 4. The first kappa shape index (κ1) is 25.1. The monoisotopic (exact) mass is 541 g/mol. The molecule has 4 N–H and O–H groups in total. The molecule has 1 aliphatic rings. The molecule has 0 bridgehead atoms. The van der Waals surface area contributed by atoms with Crippen molar-refractivity contribution in [3.8, 4) is 22.9 Å². The zero-order chi connectivity index (χ0) is 27.7. The molecule has 12 heteroatoms. The van der Waals surface area contributed by atoms with Crippen molar-refractivity contribution in [1.29, 1.82) is 0 Å². The van der Waals surface area contributed by atoms with Crippen LogP contribution in [0.3, 0.4) is 0 Å². The van der Waals surface area contributed by atoms with Crippen LogP contribution < -0.4 is 16.0 Å². The Kier molecular flexibility index (Phi) is 6.36. The van der Waals surface area contributed by atoms with Gasteiger partial charge in [-0.25, -0.2) is 4.98 Å². The van der Waals surface area contributed by atoms with Crippen LogP contribution in [-0.4, -0.2) is 37.8 Å². The summed E-state index contributed by atoms with van der Waals surface area (Å²) < 4.78 is 34.4. The summed E-state index contributed by atoms with van der Waals surface area (Å²) in [6.07, 6.45) is 4.73. The fourth-order valence-electron chi connectivity index (χ4n) is 4.36. The number of fused-ring (bicyclic) bond motifs is 1. The topological polar surface area (TPSA) is 138 Å². The fourth-order valence-corrected chi connectivity index (χ4v) is 4.36. The molecule has 200 valence electrons. The lowest BCUT2D eigenvalue weighted by molar-refractivity contribution is -0.0241. The Morgan fingerprint density at radius 2 is 1.80 bits per heavy atom. The summed E-state index contributed by atoms with van der Waals surface area (Å²) in [4.78, 5) is 20.3. The number of halogens is 2. The van der Waals surface area contributed by atoms with Crippen LogP contribution >= 0.6 is 0 Å². The molecule has 40 heavy (non-hydrogen) atoms. The molecule has 1 amide bonds. The van der Waals surface area contributed by atoms with Crippen LogP contribution in [0.15, 0.2) is 89.7 Å². The molecule has 10 nitrogen and oxygen atoms in total. The van der Waals surface area contributed by atoms with E-state index in [4.69, 9.17) is 4.42 Å². The van der Waals surface area contributed by atoms with E-state index < -0.39 is 23.6 Å². The van der Waals surface area contributed by atoms with Gasteiger partial charge < -0.3 is 20.2 Å². The van der Waals surface area contributed by atoms with Gasteiger partial charge in [0, 0.05) is 30.3 Å². The molecule has 4 heterocycles. The molecule has 2 aromatic carbocycles. The van der Waals surface area contributed by atoms with Crippen molar-refractivity contribution < 1.29 is 23.1 Å². The second kappa shape index (κ2) is 10.2. The molecule has 0 aliphatic carbocycles. The van der Waals surface area contributed by atoms with Crippen LogP contribution in [0.4, 0.5) is 26.0 Å². The van der Waals surface area contributed by atoms with Crippen LogP contribution in [0.5, 0.6) is 0 Å². The van der Waals surface area contributed by atoms with Crippen LogP contribution in [0.2, 0.25) is 0 Å². The molecule has 1 aliphatic heterocycles. The Morgan fingerprint density at radius 1 is 0.975 bits per heavy atom. The summed E-state index contributed by atoms with van der Waals surface area (Å²) in [7, 11) is 0. The summed E-state index contributed by atoms with van der Waals surface area (Å²) in [5.41, 5.74) is 2.22. The first-order valence-corrected chi connectivity index (χ1v) is 12.2. The van der Waals surface area contributed by atoms with Crippen LogP contribution in [0.25, 0.3) is 22.9 Å². The standard InChI is InChI=1S/C28H21F2N7O3/c29-28(30)21-11-18(8-9-19(21)25(39)35-28)33-24-12-22(34-23(15-38)16-5-2-1-3-6-16)20(14-32-24)27-37-36-26(40-27)17-7-4-10-31-13-17/h1-14,23,38H,15H2,(H,35,39)(H2,32,33,34)/t23-/m1/s1. The third-order valence-electron chi connectivity index (χ3n) is 6.33. The number of aromatic nitrogens is 4. The quantitative estimate of drug-likeness (QED) is 0.203. The lowest BCUT2D eigenvalue weighted by Gasteiger charge is -2.20. The van der Waals surface area contributed by atoms with Crippen molar-refractivity contribution in [2.24, 2.45) is 0 Å². The Balaban J connectivity index is 1.36. The maximum Gasteiger partial charge on any atom is 0.353 e. The minimum atomic E-state index is -3.47. The van der Waals surface area contributed by atoms with E-state index in [2.05, 4.69) is 30.8 Å². The molecular weight excluding hydrogens is 520 g/mol. The van der Waals surface area contributed by atoms with E-state index in [0.29, 0.717) is 28.3 Å². The minimum absolute atomic E-state index is 0.0873. The second-order valence-electron chi connectivity index (χ2n) is 8.97. The van der Waals surface area contributed by atoms with Gasteiger partial charge in [-0.05, 0) is 35.9 Å². The molecule has 0 spiro atoms. The van der Waals surface area contributed by atoms with Gasteiger partial charge in [0.25, 0.3) is 11.8 Å². The largest absolute Gasteiger partial charge is 0.416 e. The van der Waals surface area contributed by atoms with Gasteiger partial charge in [0.1, 0.15) is 5.82 Å². The smallest absolute Gasteiger partial charge is 0.353 e. The SMILES string of the molecule is O=C1NC(F)(F)c2cc(Nc3cc(N[C@H](CO)c4ccccc4)c(-c4nnc(-c5cccnc5)o4)cn3)ccc21. The maximum atomic E-state index is 14.2. The summed E-state index contributed by atoms with van der Waals surface area (Å²) in [5.74, 6) is -0.0858.